The van der Waals surface area contributed by atoms with Gasteiger partial charge in [-0.05, 0) is 18.6 Å². The lowest BCUT2D eigenvalue weighted by molar-refractivity contribution is -0.139. The summed E-state index contributed by atoms with van der Waals surface area (Å²) in [5, 5.41) is 13.0. The summed E-state index contributed by atoms with van der Waals surface area (Å²) in [7, 11) is 0. The van der Waals surface area contributed by atoms with Crippen molar-refractivity contribution in [1.29, 1.82) is 0 Å². The molecule has 1 rings (SSSR count). The van der Waals surface area contributed by atoms with Crippen molar-refractivity contribution in [3.8, 4) is 0 Å². The molecule has 2 amide bonds. The maximum absolute atomic E-state index is 13.3. The van der Waals surface area contributed by atoms with Crippen LogP contribution in [0.1, 0.15) is 26.2 Å². The number of nitrogens with one attached hydrogen (secondary N) is 2. The van der Waals surface area contributed by atoms with Crippen molar-refractivity contribution in [2.24, 2.45) is 0 Å². The van der Waals surface area contributed by atoms with E-state index in [0.717, 1.165) is 12.5 Å². The molecule has 1 atom stereocenters. The molecule has 0 spiro atoms. The monoisotopic (exact) mass is 304 g/mol. The second-order valence-electron chi connectivity index (χ2n) is 4.35. The second-order valence-corrected chi connectivity index (χ2v) is 4.35. The molecule has 3 N–H and O–H groups in total. The number of carboxylic acid groups (broad SMARTS) is 1. The Balaban J connectivity index is 2.72. The van der Waals surface area contributed by atoms with Crippen molar-refractivity contribution in [2.45, 2.75) is 32.2 Å². The van der Waals surface area contributed by atoms with Gasteiger partial charge in [0, 0.05) is 0 Å². The number of benzene rings is 1. The number of unbranched alkanes of at least 4 members (excludes halogenated alkanes) is 1. The van der Waals surface area contributed by atoms with Gasteiger partial charge in [-0.25, -0.2) is 22.8 Å². The molecule has 0 saturated heterocycles. The molecule has 1 aromatic rings. The first-order valence-corrected chi connectivity index (χ1v) is 6.30. The molecule has 0 radical (unpaired) electrons. The van der Waals surface area contributed by atoms with Gasteiger partial charge in [-0.15, -0.1) is 0 Å². The third-order valence-electron chi connectivity index (χ3n) is 2.73. The minimum atomic E-state index is -1.71. The predicted molar refractivity (Wildman–Crippen MR) is 69.4 cm³/mol. The van der Waals surface area contributed by atoms with Crippen LogP contribution in [-0.2, 0) is 4.79 Å². The summed E-state index contributed by atoms with van der Waals surface area (Å²) in [5.41, 5.74) is -0.578. The number of halogens is 3. The zero-order chi connectivity index (χ0) is 16.0. The SMILES string of the molecule is CCCCC(NC(=O)Nc1ccc(F)c(F)c1F)C(=O)O. The number of aliphatic carboxylic acids is 1. The molecule has 0 aromatic heterocycles. The van der Waals surface area contributed by atoms with Crippen molar-refractivity contribution in [2.75, 3.05) is 5.32 Å². The van der Waals surface area contributed by atoms with Gasteiger partial charge in [0.2, 0.25) is 0 Å². The van der Waals surface area contributed by atoms with Gasteiger partial charge in [0.1, 0.15) is 6.04 Å². The number of carbonyl (C=O) groups excluding carboxylic acids is 1. The van der Waals surface area contributed by atoms with Gasteiger partial charge in [-0.1, -0.05) is 19.8 Å². The number of carbonyl (C=O) groups is 2. The Hall–Kier alpha value is -2.25. The van der Waals surface area contributed by atoms with Gasteiger partial charge < -0.3 is 15.7 Å². The summed E-state index contributed by atoms with van der Waals surface area (Å²) in [6, 6.07) is -0.656. The lowest BCUT2D eigenvalue weighted by Crippen LogP contribution is -2.43. The normalized spacial score (nSPS) is 11.8. The van der Waals surface area contributed by atoms with Crippen molar-refractivity contribution in [1.82, 2.24) is 5.32 Å². The van der Waals surface area contributed by atoms with Crippen LogP contribution >= 0.6 is 0 Å². The first-order chi connectivity index (χ1) is 9.86. The Morgan fingerprint density at radius 3 is 2.48 bits per heavy atom. The van der Waals surface area contributed by atoms with Gasteiger partial charge in [0.05, 0.1) is 5.69 Å². The Morgan fingerprint density at radius 1 is 1.24 bits per heavy atom. The van der Waals surface area contributed by atoms with E-state index in [4.69, 9.17) is 5.11 Å². The highest BCUT2D eigenvalue weighted by molar-refractivity contribution is 5.92. The fourth-order valence-corrected chi connectivity index (χ4v) is 1.60. The fraction of sp³-hybridized carbons (Fsp3) is 0.385. The number of amides is 2. The minimum Gasteiger partial charge on any atom is -0.480 e. The molecule has 0 fully saturated rings. The molecular weight excluding hydrogens is 289 g/mol. The Morgan fingerprint density at radius 2 is 1.90 bits per heavy atom. The number of hydrogen-bond acceptors (Lipinski definition) is 2. The van der Waals surface area contributed by atoms with Crippen LogP contribution in [0.4, 0.5) is 23.7 Å². The van der Waals surface area contributed by atoms with Crippen LogP contribution in [0, 0.1) is 17.5 Å². The maximum atomic E-state index is 13.3. The highest BCUT2D eigenvalue weighted by Crippen LogP contribution is 2.19. The van der Waals surface area contributed by atoms with Crippen LogP contribution in [0.3, 0.4) is 0 Å². The maximum Gasteiger partial charge on any atom is 0.326 e. The van der Waals surface area contributed by atoms with E-state index in [1.807, 2.05) is 12.2 Å². The quantitative estimate of drug-likeness (QED) is 0.707. The number of urea groups is 1. The Kier molecular flexibility index (Phi) is 6.01. The van der Waals surface area contributed by atoms with E-state index < -0.39 is 41.2 Å². The molecule has 0 aliphatic rings. The lowest BCUT2D eigenvalue weighted by atomic mass is 10.1. The van der Waals surface area contributed by atoms with Crippen LogP contribution in [0.25, 0.3) is 0 Å². The average Bonchev–Trinajstić information content (AvgIpc) is 2.43. The summed E-state index contributed by atoms with van der Waals surface area (Å²) >= 11 is 0. The molecule has 8 heteroatoms. The van der Waals surface area contributed by atoms with Crippen molar-refractivity contribution in [3.05, 3.63) is 29.6 Å². The topological polar surface area (TPSA) is 78.4 Å². The second kappa shape index (κ2) is 7.51. The average molecular weight is 304 g/mol. The molecular formula is C13H15F3N2O3. The van der Waals surface area contributed by atoms with Crippen molar-refractivity contribution >= 4 is 17.7 Å². The molecule has 0 bridgehead atoms. The molecule has 116 valence electrons. The summed E-state index contributed by atoms with van der Waals surface area (Å²) in [6.45, 7) is 1.86. The summed E-state index contributed by atoms with van der Waals surface area (Å²) < 4.78 is 39.1. The van der Waals surface area contributed by atoms with Crippen molar-refractivity contribution < 1.29 is 27.9 Å². The zero-order valence-electron chi connectivity index (χ0n) is 11.3. The minimum absolute atomic E-state index is 0.208. The molecule has 1 unspecified atom stereocenters. The number of rotatable bonds is 6. The van der Waals surface area contributed by atoms with E-state index in [1.54, 1.807) is 0 Å². The lowest BCUT2D eigenvalue weighted by Gasteiger charge is -2.15. The molecule has 21 heavy (non-hydrogen) atoms. The van der Waals surface area contributed by atoms with Gasteiger partial charge in [0.15, 0.2) is 17.5 Å². The van der Waals surface area contributed by atoms with Gasteiger partial charge in [0.25, 0.3) is 0 Å². The zero-order valence-corrected chi connectivity index (χ0v) is 11.3. The van der Waals surface area contributed by atoms with Crippen LogP contribution in [0.2, 0.25) is 0 Å². The number of carboxylic acids is 1. The van der Waals surface area contributed by atoms with E-state index in [2.05, 4.69) is 5.32 Å². The third-order valence-corrected chi connectivity index (χ3v) is 2.73. The standard InChI is InChI=1S/C13H15F3N2O3/c1-2-3-4-9(12(19)20)18-13(21)17-8-6-5-7(14)10(15)11(8)16/h5-6,9H,2-4H2,1H3,(H,19,20)(H2,17,18,21). The smallest absolute Gasteiger partial charge is 0.326 e. The van der Waals surface area contributed by atoms with Gasteiger partial charge in [-0.3, -0.25) is 0 Å². The van der Waals surface area contributed by atoms with E-state index in [0.29, 0.717) is 12.5 Å². The molecule has 0 aliphatic heterocycles. The van der Waals surface area contributed by atoms with E-state index >= 15 is 0 Å². The Labute approximate surface area is 119 Å². The fourth-order valence-electron chi connectivity index (χ4n) is 1.60. The molecule has 5 nitrogen and oxygen atoms in total. The summed E-state index contributed by atoms with van der Waals surface area (Å²) in [5.74, 6) is -5.88. The molecule has 1 aromatic carbocycles. The van der Waals surface area contributed by atoms with Gasteiger partial charge in [-0.2, -0.15) is 0 Å². The summed E-state index contributed by atoms with van der Waals surface area (Å²) in [4.78, 5) is 22.5. The first-order valence-electron chi connectivity index (χ1n) is 6.30. The van der Waals surface area contributed by atoms with Crippen molar-refractivity contribution in [3.63, 3.8) is 0 Å². The van der Waals surface area contributed by atoms with Crippen LogP contribution in [0.15, 0.2) is 12.1 Å². The first kappa shape index (κ1) is 16.8. The largest absolute Gasteiger partial charge is 0.480 e. The van der Waals surface area contributed by atoms with Crippen LogP contribution < -0.4 is 10.6 Å². The van der Waals surface area contributed by atoms with Gasteiger partial charge >= 0.3 is 12.0 Å². The Bertz CT molecular complexity index is 538. The number of hydrogen-bond donors (Lipinski definition) is 3. The number of anilines is 1. The van der Waals surface area contributed by atoms with Crippen LogP contribution in [0.5, 0.6) is 0 Å². The van der Waals surface area contributed by atoms with E-state index in [1.165, 1.54) is 0 Å². The molecule has 0 aliphatic carbocycles. The third kappa shape index (κ3) is 4.66. The molecule has 0 heterocycles. The predicted octanol–water partition coefficient (Wildman–Crippen LogP) is 2.87. The highest BCUT2D eigenvalue weighted by Gasteiger charge is 2.21. The highest BCUT2D eigenvalue weighted by atomic mass is 19.2. The van der Waals surface area contributed by atoms with E-state index in [-0.39, 0.29) is 6.42 Å². The summed E-state index contributed by atoms with van der Waals surface area (Å²) in [6.07, 6.45) is 1.53. The van der Waals surface area contributed by atoms with Crippen LogP contribution in [-0.4, -0.2) is 23.1 Å². The van der Waals surface area contributed by atoms with E-state index in [9.17, 15) is 22.8 Å². The molecule has 0 saturated carbocycles.